The minimum atomic E-state index is -3.33. The van der Waals surface area contributed by atoms with E-state index in [0.29, 0.717) is 23.2 Å². The van der Waals surface area contributed by atoms with Crippen molar-refractivity contribution < 1.29 is 17.6 Å². The van der Waals surface area contributed by atoms with Crippen molar-refractivity contribution in [2.45, 2.75) is 29.4 Å². The first-order valence-electron chi connectivity index (χ1n) is 9.02. The molecule has 2 aromatic carbocycles. The lowest BCUT2D eigenvalue weighted by molar-refractivity contribution is -0.130. The number of carbonyl (C=O) groups is 1. The van der Waals surface area contributed by atoms with Gasteiger partial charge >= 0.3 is 0 Å². The smallest absolute Gasteiger partial charge is 0.234 e. The summed E-state index contributed by atoms with van der Waals surface area (Å²) in [6, 6.07) is 12.0. The Bertz CT molecular complexity index is 992. The van der Waals surface area contributed by atoms with Crippen LogP contribution in [0.5, 0.6) is 0 Å². The molecule has 0 heterocycles. The fourth-order valence-corrected chi connectivity index (χ4v) is 3.95. The molecule has 0 aliphatic rings. The highest BCUT2D eigenvalue weighted by Gasteiger charge is 2.29. The summed E-state index contributed by atoms with van der Waals surface area (Å²) in [5, 5.41) is 0. The molecule has 0 radical (unpaired) electrons. The standard InChI is InChI=1S/C22H26FNO3S2/c1-15(16-8-12-19(13-9-16)29(5,26)27)20(17-6-10-18(23)11-7-17)21(25)24(4)14-22(2,3)28/h6-13,20,28H,1,14H2,2-5H3. The molecule has 2 rings (SSSR count). The quantitative estimate of drug-likeness (QED) is 0.664. The van der Waals surface area contributed by atoms with E-state index >= 15 is 0 Å². The Kier molecular flexibility index (Phi) is 6.96. The topological polar surface area (TPSA) is 54.5 Å². The summed E-state index contributed by atoms with van der Waals surface area (Å²) >= 11 is 4.49. The Morgan fingerprint density at radius 1 is 1.14 bits per heavy atom. The number of hydrogen-bond donors (Lipinski definition) is 1. The third-order valence-corrected chi connectivity index (χ3v) is 5.72. The average molecular weight is 436 g/mol. The maximum Gasteiger partial charge on any atom is 0.234 e. The summed E-state index contributed by atoms with van der Waals surface area (Å²) in [7, 11) is -1.64. The number of nitrogens with zero attached hydrogens (tertiary/aromatic N) is 1. The zero-order valence-corrected chi connectivity index (χ0v) is 18.7. The number of sulfone groups is 1. The average Bonchev–Trinajstić information content (AvgIpc) is 2.61. The highest BCUT2D eigenvalue weighted by molar-refractivity contribution is 7.90. The lowest BCUT2D eigenvalue weighted by Gasteiger charge is -2.30. The van der Waals surface area contributed by atoms with Crippen molar-refractivity contribution in [2.24, 2.45) is 0 Å². The molecule has 0 aliphatic carbocycles. The zero-order chi connectivity index (χ0) is 22.0. The van der Waals surface area contributed by atoms with Crippen LogP contribution in [0.4, 0.5) is 4.39 Å². The van der Waals surface area contributed by atoms with Crippen LogP contribution in [0.1, 0.15) is 30.9 Å². The summed E-state index contributed by atoms with van der Waals surface area (Å²) in [5.74, 6) is -1.33. The van der Waals surface area contributed by atoms with E-state index < -0.39 is 26.3 Å². The number of halogens is 1. The number of amides is 1. The van der Waals surface area contributed by atoms with Gasteiger partial charge in [0.25, 0.3) is 0 Å². The van der Waals surface area contributed by atoms with E-state index in [0.717, 1.165) is 6.26 Å². The molecule has 0 fully saturated rings. The Morgan fingerprint density at radius 3 is 2.10 bits per heavy atom. The first-order chi connectivity index (χ1) is 13.3. The highest BCUT2D eigenvalue weighted by atomic mass is 32.2. The molecule has 0 spiro atoms. The van der Waals surface area contributed by atoms with Crippen LogP contribution in [0.15, 0.2) is 60.0 Å². The van der Waals surface area contributed by atoms with Crippen molar-refractivity contribution in [1.29, 1.82) is 0 Å². The molecule has 4 nitrogen and oxygen atoms in total. The number of hydrogen-bond acceptors (Lipinski definition) is 4. The number of rotatable bonds is 7. The van der Waals surface area contributed by atoms with Crippen molar-refractivity contribution in [2.75, 3.05) is 19.8 Å². The molecule has 0 saturated carbocycles. The van der Waals surface area contributed by atoms with Gasteiger partial charge in [-0.1, -0.05) is 30.8 Å². The minimum Gasteiger partial charge on any atom is -0.344 e. The molecule has 1 atom stereocenters. The monoisotopic (exact) mass is 435 g/mol. The van der Waals surface area contributed by atoms with Crippen LogP contribution in [0, 0.1) is 5.82 Å². The second kappa shape index (κ2) is 8.71. The molecule has 7 heteroatoms. The van der Waals surface area contributed by atoms with Gasteiger partial charge in [-0.15, -0.1) is 0 Å². The van der Waals surface area contributed by atoms with E-state index in [1.165, 1.54) is 24.3 Å². The number of benzene rings is 2. The van der Waals surface area contributed by atoms with Crippen LogP contribution < -0.4 is 0 Å². The van der Waals surface area contributed by atoms with E-state index in [2.05, 4.69) is 19.2 Å². The van der Waals surface area contributed by atoms with Crippen LogP contribution in [0.2, 0.25) is 0 Å². The predicted molar refractivity (Wildman–Crippen MR) is 118 cm³/mol. The van der Waals surface area contributed by atoms with Gasteiger partial charge in [0.15, 0.2) is 9.84 Å². The molecule has 156 valence electrons. The van der Waals surface area contributed by atoms with Crippen molar-refractivity contribution >= 4 is 33.9 Å². The van der Waals surface area contributed by atoms with Gasteiger partial charge in [-0.3, -0.25) is 4.79 Å². The summed E-state index contributed by atoms with van der Waals surface area (Å²) < 4.78 is 36.4. The molecule has 29 heavy (non-hydrogen) atoms. The SMILES string of the molecule is C=C(c1ccc(S(C)(=O)=O)cc1)C(C(=O)N(C)CC(C)(C)S)c1ccc(F)cc1. The minimum absolute atomic E-state index is 0.188. The Labute approximate surface area is 177 Å². The molecule has 0 bridgehead atoms. The second-order valence-corrected chi connectivity index (χ2v) is 11.0. The summed E-state index contributed by atoms with van der Waals surface area (Å²) in [6.45, 7) is 8.33. The number of likely N-dealkylation sites (N-methyl/N-ethyl adjacent to an activating group) is 1. The molecule has 0 saturated heterocycles. The first-order valence-corrected chi connectivity index (χ1v) is 11.4. The van der Waals surface area contributed by atoms with Crippen LogP contribution in [-0.2, 0) is 14.6 Å². The van der Waals surface area contributed by atoms with Gasteiger partial charge < -0.3 is 4.90 Å². The molecular weight excluding hydrogens is 409 g/mol. The third kappa shape index (κ3) is 6.18. The van der Waals surface area contributed by atoms with Crippen LogP contribution in [-0.4, -0.2) is 43.8 Å². The van der Waals surface area contributed by atoms with Crippen LogP contribution in [0.25, 0.3) is 5.57 Å². The molecule has 0 aromatic heterocycles. The van der Waals surface area contributed by atoms with Gasteiger partial charge in [0, 0.05) is 24.6 Å². The van der Waals surface area contributed by atoms with Crippen molar-refractivity contribution in [3.8, 4) is 0 Å². The fourth-order valence-electron chi connectivity index (χ4n) is 3.11. The van der Waals surface area contributed by atoms with E-state index in [4.69, 9.17) is 0 Å². The molecular formula is C22H26FNO3S2. The van der Waals surface area contributed by atoms with Gasteiger partial charge in [-0.05, 0) is 54.8 Å². The number of thiol groups is 1. The Balaban J connectivity index is 2.45. The highest BCUT2D eigenvalue weighted by Crippen LogP contribution is 2.33. The number of carbonyl (C=O) groups excluding carboxylic acids is 1. The fraction of sp³-hybridized carbons (Fsp3) is 0.318. The Hall–Kier alpha value is -2.12. The molecule has 2 aromatic rings. The van der Waals surface area contributed by atoms with Gasteiger partial charge in [0.1, 0.15) is 5.82 Å². The summed E-state index contributed by atoms with van der Waals surface area (Å²) in [4.78, 5) is 15.1. The largest absolute Gasteiger partial charge is 0.344 e. The van der Waals surface area contributed by atoms with Crippen molar-refractivity contribution in [3.05, 3.63) is 72.1 Å². The van der Waals surface area contributed by atoms with Crippen LogP contribution in [0.3, 0.4) is 0 Å². The molecule has 0 aliphatic heterocycles. The second-order valence-electron chi connectivity index (χ2n) is 7.81. The van der Waals surface area contributed by atoms with E-state index in [1.54, 1.807) is 36.2 Å². The van der Waals surface area contributed by atoms with E-state index in [9.17, 15) is 17.6 Å². The normalized spacial score (nSPS) is 13.0. The van der Waals surface area contributed by atoms with Gasteiger partial charge in [-0.2, -0.15) is 12.6 Å². The van der Waals surface area contributed by atoms with Gasteiger partial charge in [0.2, 0.25) is 5.91 Å². The van der Waals surface area contributed by atoms with Crippen molar-refractivity contribution in [3.63, 3.8) is 0 Å². The van der Waals surface area contributed by atoms with E-state index in [1.807, 2.05) is 13.8 Å². The molecule has 0 N–H and O–H groups in total. The lowest BCUT2D eigenvalue weighted by Crippen LogP contribution is -2.39. The first kappa shape index (κ1) is 23.2. The van der Waals surface area contributed by atoms with E-state index in [-0.39, 0.29) is 10.8 Å². The molecule has 1 amide bonds. The molecule has 1 unspecified atom stereocenters. The maximum atomic E-state index is 13.4. The van der Waals surface area contributed by atoms with Gasteiger partial charge in [0.05, 0.1) is 10.8 Å². The summed E-state index contributed by atoms with van der Waals surface area (Å²) in [5.41, 5.74) is 1.75. The predicted octanol–water partition coefficient (Wildman–Crippen LogP) is 4.19. The Morgan fingerprint density at radius 2 is 1.66 bits per heavy atom. The summed E-state index contributed by atoms with van der Waals surface area (Å²) in [6.07, 6.45) is 1.13. The van der Waals surface area contributed by atoms with Crippen LogP contribution >= 0.6 is 12.6 Å². The maximum absolute atomic E-state index is 13.4. The third-order valence-electron chi connectivity index (χ3n) is 4.45. The lowest BCUT2D eigenvalue weighted by atomic mass is 9.86. The van der Waals surface area contributed by atoms with Crippen molar-refractivity contribution in [1.82, 2.24) is 4.90 Å². The van der Waals surface area contributed by atoms with Gasteiger partial charge in [-0.25, -0.2) is 12.8 Å². The zero-order valence-electron chi connectivity index (χ0n) is 17.0.